The molecule has 0 spiro atoms. The molecule has 4 aromatic rings. The SMILES string of the molecule is Cc1ccc(NC(=O)/C(C#N)=C/c2ccc(OCc3c(C)ccc4ccccc34)c(Br)c2)cc1. The van der Waals surface area contributed by atoms with Crippen molar-refractivity contribution in [2.24, 2.45) is 0 Å². The molecule has 0 aliphatic rings. The van der Waals surface area contributed by atoms with Gasteiger partial charge in [-0.15, -0.1) is 0 Å². The minimum atomic E-state index is -0.450. The average Bonchev–Trinajstić information content (AvgIpc) is 2.84. The molecular formula is C29H23BrN2O2. The lowest BCUT2D eigenvalue weighted by Crippen LogP contribution is -2.13. The predicted molar refractivity (Wildman–Crippen MR) is 141 cm³/mol. The first-order valence-electron chi connectivity index (χ1n) is 10.8. The number of fused-ring (bicyclic) bond motifs is 1. The number of ether oxygens (including phenoxy) is 1. The quantitative estimate of drug-likeness (QED) is 0.218. The van der Waals surface area contributed by atoms with Gasteiger partial charge in [-0.1, -0.05) is 60.2 Å². The van der Waals surface area contributed by atoms with E-state index in [0.717, 1.165) is 21.2 Å². The van der Waals surface area contributed by atoms with Crippen molar-refractivity contribution in [1.29, 1.82) is 5.26 Å². The van der Waals surface area contributed by atoms with Crippen molar-refractivity contribution in [2.45, 2.75) is 20.5 Å². The van der Waals surface area contributed by atoms with Crippen LogP contribution in [-0.2, 0) is 11.4 Å². The molecule has 0 saturated carbocycles. The van der Waals surface area contributed by atoms with Crippen LogP contribution >= 0.6 is 15.9 Å². The molecule has 5 heteroatoms. The molecule has 4 aromatic carbocycles. The maximum atomic E-state index is 12.5. The Labute approximate surface area is 207 Å². The van der Waals surface area contributed by atoms with Crippen LogP contribution in [0.5, 0.6) is 5.75 Å². The van der Waals surface area contributed by atoms with Crippen LogP contribution in [0.1, 0.15) is 22.3 Å². The smallest absolute Gasteiger partial charge is 0.266 e. The van der Waals surface area contributed by atoms with E-state index in [1.54, 1.807) is 6.08 Å². The Morgan fingerprint density at radius 3 is 2.53 bits per heavy atom. The summed E-state index contributed by atoms with van der Waals surface area (Å²) in [6.45, 7) is 4.49. The molecule has 168 valence electrons. The van der Waals surface area contributed by atoms with Crippen molar-refractivity contribution in [2.75, 3.05) is 5.32 Å². The number of benzene rings is 4. The number of amides is 1. The van der Waals surface area contributed by atoms with Gasteiger partial charge < -0.3 is 10.1 Å². The summed E-state index contributed by atoms with van der Waals surface area (Å²) in [6.07, 6.45) is 1.56. The number of nitrogens with zero attached hydrogens (tertiary/aromatic N) is 1. The molecule has 4 nitrogen and oxygen atoms in total. The Hall–Kier alpha value is -3.88. The van der Waals surface area contributed by atoms with E-state index in [1.165, 1.54) is 16.3 Å². The lowest BCUT2D eigenvalue weighted by Gasteiger charge is -2.13. The summed E-state index contributed by atoms with van der Waals surface area (Å²) in [5.41, 5.74) is 4.80. The highest BCUT2D eigenvalue weighted by molar-refractivity contribution is 9.10. The van der Waals surface area contributed by atoms with Gasteiger partial charge in [-0.25, -0.2) is 0 Å². The van der Waals surface area contributed by atoms with Crippen molar-refractivity contribution in [3.05, 3.63) is 111 Å². The van der Waals surface area contributed by atoms with Gasteiger partial charge in [0, 0.05) is 11.3 Å². The third kappa shape index (κ3) is 5.36. The van der Waals surface area contributed by atoms with E-state index in [2.05, 4.69) is 52.4 Å². The number of anilines is 1. The number of rotatable bonds is 6. The molecule has 0 aliphatic heterocycles. The van der Waals surface area contributed by atoms with Gasteiger partial charge in [0.25, 0.3) is 5.91 Å². The third-order valence-corrected chi connectivity index (χ3v) is 6.21. The van der Waals surface area contributed by atoms with Gasteiger partial charge in [0.15, 0.2) is 0 Å². The van der Waals surface area contributed by atoms with E-state index in [0.29, 0.717) is 18.0 Å². The Balaban J connectivity index is 1.50. The number of halogens is 1. The van der Waals surface area contributed by atoms with Crippen LogP contribution in [0.2, 0.25) is 0 Å². The summed E-state index contributed by atoms with van der Waals surface area (Å²) < 4.78 is 6.87. The van der Waals surface area contributed by atoms with Gasteiger partial charge in [-0.05, 0) is 82.0 Å². The second-order valence-corrected chi connectivity index (χ2v) is 8.90. The van der Waals surface area contributed by atoms with E-state index in [4.69, 9.17) is 4.74 Å². The largest absolute Gasteiger partial charge is 0.488 e. The van der Waals surface area contributed by atoms with Gasteiger partial charge >= 0.3 is 0 Å². The van der Waals surface area contributed by atoms with Crippen molar-refractivity contribution in [3.8, 4) is 11.8 Å². The molecule has 0 aliphatic carbocycles. The lowest BCUT2D eigenvalue weighted by molar-refractivity contribution is -0.112. The van der Waals surface area contributed by atoms with Crippen LogP contribution in [0.3, 0.4) is 0 Å². The molecule has 4 rings (SSSR count). The van der Waals surface area contributed by atoms with E-state index in [-0.39, 0.29) is 5.57 Å². The molecule has 0 aromatic heterocycles. The maximum absolute atomic E-state index is 12.5. The summed E-state index contributed by atoms with van der Waals surface area (Å²) in [7, 11) is 0. The second-order valence-electron chi connectivity index (χ2n) is 8.05. The van der Waals surface area contributed by atoms with Crippen LogP contribution in [0.15, 0.2) is 88.9 Å². The second kappa shape index (κ2) is 10.4. The van der Waals surface area contributed by atoms with Crippen LogP contribution < -0.4 is 10.1 Å². The molecule has 0 heterocycles. The van der Waals surface area contributed by atoms with Gasteiger partial charge in [-0.3, -0.25) is 4.79 Å². The standard InChI is InChI=1S/C29H23BrN2O2/c1-19-7-12-24(13-8-19)32-29(33)23(17-31)15-21-10-14-28(27(30)16-21)34-18-26-20(2)9-11-22-5-3-4-6-25(22)26/h3-16H,18H2,1-2H3,(H,32,33)/b23-15+. The van der Waals surface area contributed by atoms with Crippen molar-refractivity contribution < 1.29 is 9.53 Å². The maximum Gasteiger partial charge on any atom is 0.266 e. The van der Waals surface area contributed by atoms with Gasteiger partial charge in [0.2, 0.25) is 0 Å². The van der Waals surface area contributed by atoms with E-state index in [1.807, 2.05) is 67.6 Å². The van der Waals surface area contributed by atoms with Crippen LogP contribution in [-0.4, -0.2) is 5.91 Å². The topological polar surface area (TPSA) is 62.1 Å². The van der Waals surface area contributed by atoms with Crippen LogP contribution in [0.25, 0.3) is 16.8 Å². The molecule has 0 unspecified atom stereocenters. The minimum Gasteiger partial charge on any atom is -0.488 e. The zero-order valence-corrected chi connectivity index (χ0v) is 20.5. The lowest BCUT2D eigenvalue weighted by atomic mass is 10.0. The summed E-state index contributed by atoms with van der Waals surface area (Å²) in [5.74, 6) is 0.237. The number of hydrogen-bond donors (Lipinski definition) is 1. The first-order chi connectivity index (χ1) is 16.4. The molecule has 0 fully saturated rings. The van der Waals surface area contributed by atoms with Gasteiger partial charge in [0.1, 0.15) is 24.0 Å². The number of nitrogens with one attached hydrogen (secondary N) is 1. The monoisotopic (exact) mass is 510 g/mol. The van der Waals surface area contributed by atoms with Crippen molar-refractivity contribution in [1.82, 2.24) is 0 Å². The predicted octanol–water partition coefficient (Wildman–Crippen LogP) is 7.34. The summed E-state index contributed by atoms with van der Waals surface area (Å²) >= 11 is 3.56. The fraction of sp³-hybridized carbons (Fsp3) is 0.103. The molecule has 0 radical (unpaired) electrons. The minimum absolute atomic E-state index is 0.0209. The number of hydrogen-bond acceptors (Lipinski definition) is 3. The fourth-order valence-corrected chi connectivity index (χ4v) is 4.17. The Kier molecular flexibility index (Phi) is 7.10. The Morgan fingerprint density at radius 2 is 1.79 bits per heavy atom. The van der Waals surface area contributed by atoms with Gasteiger partial charge in [-0.2, -0.15) is 5.26 Å². The molecule has 0 saturated heterocycles. The highest BCUT2D eigenvalue weighted by atomic mass is 79.9. The number of nitriles is 1. The molecular weight excluding hydrogens is 488 g/mol. The first-order valence-corrected chi connectivity index (χ1v) is 11.6. The Bertz CT molecular complexity index is 1430. The number of carbonyl (C=O) groups is 1. The number of carbonyl (C=O) groups excluding carboxylic acids is 1. The Morgan fingerprint density at radius 1 is 1.03 bits per heavy atom. The highest BCUT2D eigenvalue weighted by Gasteiger charge is 2.11. The summed E-state index contributed by atoms with van der Waals surface area (Å²) in [5, 5.41) is 14.6. The molecule has 1 amide bonds. The molecule has 0 bridgehead atoms. The van der Waals surface area contributed by atoms with E-state index in [9.17, 15) is 10.1 Å². The summed E-state index contributed by atoms with van der Waals surface area (Å²) in [6, 6.07) is 27.4. The van der Waals surface area contributed by atoms with Gasteiger partial charge in [0.05, 0.1) is 4.47 Å². The van der Waals surface area contributed by atoms with Crippen molar-refractivity contribution in [3.63, 3.8) is 0 Å². The van der Waals surface area contributed by atoms with E-state index >= 15 is 0 Å². The zero-order valence-electron chi connectivity index (χ0n) is 18.9. The average molecular weight is 511 g/mol. The first kappa shape index (κ1) is 23.3. The van der Waals surface area contributed by atoms with Crippen LogP contribution in [0.4, 0.5) is 5.69 Å². The summed E-state index contributed by atoms with van der Waals surface area (Å²) in [4.78, 5) is 12.5. The number of aryl methyl sites for hydroxylation is 2. The molecule has 34 heavy (non-hydrogen) atoms. The van der Waals surface area contributed by atoms with Crippen LogP contribution in [0, 0.1) is 25.2 Å². The molecule has 0 atom stereocenters. The zero-order chi connectivity index (χ0) is 24.1. The molecule has 1 N–H and O–H groups in total. The van der Waals surface area contributed by atoms with E-state index < -0.39 is 5.91 Å². The highest BCUT2D eigenvalue weighted by Crippen LogP contribution is 2.30. The third-order valence-electron chi connectivity index (χ3n) is 5.59. The van der Waals surface area contributed by atoms with Crippen molar-refractivity contribution >= 4 is 44.4 Å². The normalized spacial score (nSPS) is 11.2. The fourth-order valence-electron chi connectivity index (χ4n) is 3.66.